The standard InChI is InChI=1S/C13H15N3O3/c1-17-10-6-8(7-11(18-2)12(10)19-3)9-4-5-15-13(14)16-9/h4-7H,1-3H3,(H2,14,15,16). The lowest BCUT2D eigenvalue weighted by Gasteiger charge is -2.13. The van der Waals surface area contributed by atoms with Crippen molar-refractivity contribution in [3.63, 3.8) is 0 Å². The molecular weight excluding hydrogens is 246 g/mol. The maximum absolute atomic E-state index is 5.58. The number of benzene rings is 1. The zero-order valence-corrected chi connectivity index (χ0v) is 11.0. The Morgan fingerprint density at radius 2 is 1.63 bits per heavy atom. The smallest absolute Gasteiger partial charge is 0.220 e. The minimum absolute atomic E-state index is 0.214. The van der Waals surface area contributed by atoms with Crippen LogP contribution < -0.4 is 19.9 Å². The summed E-state index contributed by atoms with van der Waals surface area (Å²) < 4.78 is 15.8. The van der Waals surface area contributed by atoms with Gasteiger partial charge in [0.05, 0.1) is 27.0 Å². The van der Waals surface area contributed by atoms with Crippen molar-refractivity contribution in [2.45, 2.75) is 0 Å². The molecule has 0 fully saturated rings. The Hall–Kier alpha value is -2.50. The molecule has 2 N–H and O–H groups in total. The predicted molar refractivity (Wildman–Crippen MR) is 71.5 cm³/mol. The van der Waals surface area contributed by atoms with Crippen LogP contribution in [0.4, 0.5) is 5.95 Å². The molecule has 6 nitrogen and oxygen atoms in total. The van der Waals surface area contributed by atoms with Gasteiger partial charge in [0, 0.05) is 11.8 Å². The number of ether oxygens (including phenoxy) is 3. The van der Waals surface area contributed by atoms with Crippen LogP contribution in [0.15, 0.2) is 24.4 Å². The molecule has 1 heterocycles. The van der Waals surface area contributed by atoms with Crippen LogP contribution >= 0.6 is 0 Å². The third kappa shape index (κ3) is 2.52. The fourth-order valence-electron chi connectivity index (χ4n) is 1.76. The van der Waals surface area contributed by atoms with E-state index in [4.69, 9.17) is 19.9 Å². The molecule has 0 aliphatic rings. The average Bonchev–Trinajstić information content (AvgIpc) is 2.45. The summed E-state index contributed by atoms with van der Waals surface area (Å²) in [5.74, 6) is 1.88. The van der Waals surface area contributed by atoms with Gasteiger partial charge in [-0.25, -0.2) is 9.97 Å². The Morgan fingerprint density at radius 1 is 1.00 bits per heavy atom. The minimum Gasteiger partial charge on any atom is -0.493 e. The maximum Gasteiger partial charge on any atom is 0.220 e. The number of anilines is 1. The van der Waals surface area contributed by atoms with Crippen LogP contribution in [-0.4, -0.2) is 31.3 Å². The Labute approximate surface area is 111 Å². The van der Waals surface area contributed by atoms with E-state index in [1.807, 2.05) is 12.1 Å². The van der Waals surface area contributed by atoms with Crippen molar-refractivity contribution >= 4 is 5.95 Å². The lowest BCUT2D eigenvalue weighted by Crippen LogP contribution is -1.98. The van der Waals surface area contributed by atoms with Crippen molar-refractivity contribution in [3.05, 3.63) is 24.4 Å². The molecule has 2 rings (SSSR count). The van der Waals surface area contributed by atoms with Crippen molar-refractivity contribution in [1.29, 1.82) is 0 Å². The monoisotopic (exact) mass is 261 g/mol. The molecule has 0 spiro atoms. The van der Waals surface area contributed by atoms with Crippen LogP contribution in [0.1, 0.15) is 0 Å². The predicted octanol–water partition coefficient (Wildman–Crippen LogP) is 1.75. The number of hydrogen-bond donors (Lipinski definition) is 1. The molecule has 0 saturated carbocycles. The second-order valence-electron chi connectivity index (χ2n) is 3.71. The van der Waals surface area contributed by atoms with Gasteiger partial charge in [-0.05, 0) is 18.2 Å². The molecule has 0 radical (unpaired) electrons. The number of nitrogens with zero attached hydrogens (tertiary/aromatic N) is 2. The molecule has 0 amide bonds. The van der Waals surface area contributed by atoms with Crippen LogP contribution in [0.5, 0.6) is 17.2 Å². The van der Waals surface area contributed by atoms with E-state index in [2.05, 4.69) is 9.97 Å². The fourth-order valence-corrected chi connectivity index (χ4v) is 1.76. The molecule has 19 heavy (non-hydrogen) atoms. The SMILES string of the molecule is COc1cc(-c2ccnc(N)n2)cc(OC)c1OC. The van der Waals surface area contributed by atoms with Crippen LogP contribution in [-0.2, 0) is 0 Å². The van der Waals surface area contributed by atoms with E-state index in [-0.39, 0.29) is 5.95 Å². The van der Waals surface area contributed by atoms with E-state index in [0.717, 1.165) is 5.56 Å². The molecular formula is C13H15N3O3. The lowest BCUT2D eigenvalue weighted by atomic mass is 10.1. The summed E-state index contributed by atoms with van der Waals surface area (Å²) in [6.45, 7) is 0. The maximum atomic E-state index is 5.58. The average molecular weight is 261 g/mol. The molecule has 0 saturated heterocycles. The summed E-state index contributed by atoms with van der Waals surface area (Å²) >= 11 is 0. The first-order valence-corrected chi connectivity index (χ1v) is 5.58. The third-order valence-electron chi connectivity index (χ3n) is 2.63. The molecule has 2 aromatic rings. The van der Waals surface area contributed by atoms with Gasteiger partial charge in [-0.15, -0.1) is 0 Å². The van der Waals surface area contributed by atoms with E-state index in [1.165, 1.54) is 0 Å². The number of methoxy groups -OCH3 is 3. The van der Waals surface area contributed by atoms with Crippen molar-refractivity contribution in [2.24, 2.45) is 0 Å². The van der Waals surface area contributed by atoms with E-state index in [1.54, 1.807) is 33.6 Å². The highest BCUT2D eigenvalue weighted by molar-refractivity contribution is 5.68. The van der Waals surface area contributed by atoms with Gasteiger partial charge < -0.3 is 19.9 Å². The van der Waals surface area contributed by atoms with E-state index in [9.17, 15) is 0 Å². The lowest BCUT2D eigenvalue weighted by molar-refractivity contribution is 0.324. The first-order chi connectivity index (χ1) is 9.19. The minimum atomic E-state index is 0.214. The van der Waals surface area contributed by atoms with Crippen molar-refractivity contribution in [2.75, 3.05) is 27.1 Å². The van der Waals surface area contributed by atoms with Crippen LogP contribution in [0.25, 0.3) is 11.3 Å². The molecule has 0 unspecified atom stereocenters. The van der Waals surface area contributed by atoms with Gasteiger partial charge >= 0.3 is 0 Å². The van der Waals surface area contributed by atoms with Crippen molar-refractivity contribution in [1.82, 2.24) is 9.97 Å². The molecule has 0 aliphatic heterocycles. The second-order valence-corrected chi connectivity index (χ2v) is 3.71. The van der Waals surface area contributed by atoms with E-state index in [0.29, 0.717) is 22.9 Å². The Balaban J connectivity index is 2.59. The van der Waals surface area contributed by atoms with E-state index < -0.39 is 0 Å². The Bertz CT molecular complexity index is 562. The van der Waals surface area contributed by atoms with Crippen molar-refractivity contribution in [3.8, 4) is 28.5 Å². The number of nitrogen functional groups attached to an aromatic ring is 1. The third-order valence-corrected chi connectivity index (χ3v) is 2.63. The molecule has 0 aliphatic carbocycles. The van der Waals surface area contributed by atoms with E-state index >= 15 is 0 Å². The summed E-state index contributed by atoms with van der Waals surface area (Å²) in [6.07, 6.45) is 1.60. The number of nitrogens with two attached hydrogens (primary N) is 1. The summed E-state index contributed by atoms with van der Waals surface area (Å²) in [5, 5.41) is 0. The first-order valence-electron chi connectivity index (χ1n) is 5.58. The fraction of sp³-hybridized carbons (Fsp3) is 0.231. The summed E-state index contributed by atoms with van der Waals surface area (Å²) in [7, 11) is 4.69. The quantitative estimate of drug-likeness (QED) is 0.903. The van der Waals surface area contributed by atoms with Crippen molar-refractivity contribution < 1.29 is 14.2 Å². The zero-order chi connectivity index (χ0) is 13.8. The molecule has 6 heteroatoms. The first kappa shape index (κ1) is 12.9. The van der Waals surface area contributed by atoms with Gasteiger partial charge in [0.25, 0.3) is 0 Å². The Kier molecular flexibility index (Phi) is 3.70. The van der Waals surface area contributed by atoms with Gasteiger partial charge in [0.2, 0.25) is 11.7 Å². The summed E-state index contributed by atoms with van der Waals surface area (Å²) in [6, 6.07) is 5.38. The molecule has 1 aromatic carbocycles. The van der Waals surface area contributed by atoms with Crippen LogP contribution in [0.2, 0.25) is 0 Å². The highest BCUT2D eigenvalue weighted by atomic mass is 16.5. The van der Waals surface area contributed by atoms with Gasteiger partial charge in [0.1, 0.15) is 0 Å². The summed E-state index contributed by atoms with van der Waals surface area (Å²) in [4.78, 5) is 8.03. The number of hydrogen-bond acceptors (Lipinski definition) is 6. The molecule has 1 aromatic heterocycles. The number of rotatable bonds is 4. The normalized spacial score (nSPS) is 10.1. The Morgan fingerprint density at radius 3 is 2.11 bits per heavy atom. The zero-order valence-electron chi connectivity index (χ0n) is 11.0. The van der Waals surface area contributed by atoms with Crippen LogP contribution in [0.3, 0.4) is 0 Å². The van der Waals surface area contributed by atoms with Gasteiger partial charge in [-0.2, -0.15) is 0 Å². The largest absolute Gasteiger partial charge is 0.493 e. The summed E-state index contributed by atoms with van der Waals surface area (Å²) in [5.41, 5.74) is 7.08. The van der Waals surface area contributed by atoms with Gasteiger partial charge in [-0.1, -0.05) is 0 Å². The second kappa shape index (κ2) is 5.43. The van der Waals surface area contributed by atoms with Gasteiger partial charge in [-0.3, -0.25) is 0 Å². The highest BCUT2D eigenvalue weighted by Crippen LogP contribution is 2.40. The topological polar surface area (TPSA) is 79.5 Å². The number of aromatic nitrogens is 2. The molecule has 0 atom stereocenters. The van der Waals surface area contributed by atoms with Gasteiger partial charge in [0.15, 0.2) is 11.5 Å². The van der Waals surface area contributed by atoms with Crippen LogP contribution in [0, 0.1) is 0 Å². The molecule has 100 valence electrons. The molecule has 0 bridgehead atoms. The highest BCUT2D eigenvalue weighted by Gasteiger charge is 2.14.